The molecule has 2 aromatic heterocycles. The minimum absolute atomic E-state index is 0.216. The van der Waals surface area contributed by atoms with E-state index < -0.39 is 0 Å². The van der Waals surface area contributed by atoms with Crippen molar-refractivity contribution in [3.8, 4) is 5.88 Å². The largest absolute Gasteiger partial charge is 0.481 e. The number of carbonyl (C=O) groups excluding carboxylic acids is 1. The zero-order valence-electron chi connectivity index (χ0n) is 17.3. The second-order valence-corrected chi connectivity index (χ2v) is 8.21. The van der Waals surface area contributed by atoms with Crippen molar-refractivity contribution in [1.82, 2.24) is 20.2 Å². The average molecular weight is 395 g/mol. The fourth-order valence-electron chi connectivity index (χ4n) is 5.24. The number of fused-ring (bicyclic) bond motifs is 2. The first-order chi connectivity index (χ1) is 14.2. The van der Waals surface area contributed by atoms with Gasteiger partial charge in [-0.1, -0.05) is 13.0 Å². The molecule has 2 fully saturated rings. The molecule has 1 N–H and O–H groups in total. The summed E-state index contributed by atoms with van der Waals surface area (Å²) >= 11 is 0. The lowest BCUT2D eigenvalue weighted by atomic mass is 9.71. The molecule has 0 aliphatic carbocycles. The van der Waals surface area contributed by atoms with Crippen LogP contribution in [0.15, 0.2) is 42.9 Å². The maximum atomic E-state index is 13.3. The summed E-state index contributed by atoms with van der Waals surface area (Å²) in [5.74, 6) is 0.859. The van der Waals surface area contributed by atoms with Crippen LogP contribution in [-0.4, -0.2) is 46.5 Å². The number of ether oxygens (including phenoxy) is 1. The van der Waals surface area contributed by atoms with Crippen LogP contribution < -0.4 is 10.1 Å². The Balaban J connectivity index is 1.42. The van der Waals surface area contributed by atoms with Gasteiger partial charge < -0.3 is 10.1 Å². The van der Waals surface area contributed by atoms with Crippen LogP contribution in [-0.2, 0) is 17.8 Å². The first-order valence-corrected chi connectivity index (χ1v) is 10.6. The van der Waals surface area contributed by atoms with Crippen molar-refractivity contribution in [2.45, 2.75) is 57.7 Å². The molecule has 6 nitrogen and oxygen atoms in total. The molecule has 3 atom stereocenters. The highest BCUT2D eigenvalue weighted by molar-refractivity contribution is 5.84. The first kappa shape index (κ1) is 19.8. The third kappa shape index (κ3) is 3.86. The topological polar surface area (TPSA) is 67.4 Å². The van der Waals surface area contributed by atoms with Crippen LogP contribution in [0, 0.1) is 5.41 Å². The van der Waals surface area contributed by atoms with Gasteiger partial charge in [0.05, 0.1) is 12.5 Å². The Hall–Kier alpha value is -2.47. The quantitative estimate of drug-likeness (QED) is 0.746. The number of aromatic nitrogens is 2. The number of carbonyl (C=O) groups is 1. The van der Waals surface area contributed by atoms with E-state index in [1.54, 1.807) is 19.5 Å². The van der Waals surface area contributed by atoms with Gasteiger partial charge in [0.25, 0.3) is 0 Å². The number of hydrogen-bond donors (Lipinski definition) is 1. The van der Waals surface area contributed by atoms with Crippen LogP contribution in [0.5, 0.6) is 5.88 Å². The molecule has 2 aliphatic rings. The standard InChI is InChI=1S/C23H30N4O2/c1-3-23(22(28)26-12-8-17-5-4-10-24-15-17)14-19-6-7-20(23)27(19)16-18-9-11-25-21(13-18)29-2/h4-5,9-11,13,15,19-20H,3,6-8,12,14,16H2,1-2H3,(H,26,28)/t19-,20+,23+/m0/s1. The molecule has 2 aliphatic heterocycles. The number of nitrogens with one attached hydrogen (secondary N) is 1. The summed E-state index contributed by atoms with van der Waals surface area (Å²) < 4.78 is 5.27. The Bertz CT molecular complexity index is 844. The third-order valence-corrected chi connectivity index (χ3v) is 6.76. The van der Waals surface area contributed by atoms with Crippen molar-refractivity contribution in [2.75, 3.05) is 13.7 Å². The summed E-state index contributed by atoms with van der Waals surface area (Å²) in [7, 11) is 1.64. The van der Waals surface area contributed by atoms with E-state index in [0.29, 0.717) is 24.5 Å². The highest BCUT2D eigenvalue weighted by Gasteiger charge is 2.58. The van der Waals surface area contributed by atoms with E-state index in [1.165, 1.54) is 12.0 Å². The van der Waals surface area contributed by atoms with Crippen molar-refractivity contribution < 1.29 is 9.53 Å². The first-order valence-electron chi connectivity index (χ1n) is 10.6. The molecule has 2 aromatic rings. The van der Waals surface area contributed by atoms with Crippen molar-refractivity contribution in [3.05, 3.63) is 54.0 Å². The second kappa shape index (κ2) is 8.49. The normalized spacial score (nSPS) is 25.9. The van der Waals surface area contributed by atoms with Gasteiger partial charge in [-0.3, -0.25) is 14.7 Å². The van der Waals surface area contributed by atoms with Crippen molar-refractivity contribution in [2.24, 2.45) is 5.41 Å². The number of nitrogens with zero attached hydrogens (tertiary/aromatic N) is 3. The maximum absolute atomic E-state index is 13.3. The lowest BCUT2D eigenvalue weighted by molar-refractivity contribution is -0.133. The second-order valence-electron chi connectivity index (χ2n) is 8.21. The number of amides is 1. The van der Waals surface area contributed by atoms with E-state index >= 15 is 0 Å². The summed E-state index contributed by atoms with van der Waals surface area (Å²) in [4.78, 5) is 24.2. The fraction of sp³-hybridized carbons (Fsp3) is 0.522. The van der Waals surface area contributed by atoms with Gasteiger partial charge in [0, 0.05) is 49.8 Å². The Kier molecular flexibility index (Phi) is 5.81. The Morgan fingerprint density at radius 2 is 2.21 bits per heavy atom. The minimum Gasteiger partial charge on any atom is -0.481 e. The smallest absolute Gasteiger partial charge is 0.227 e. The molecule has 6 heteroatoms. The molecule has 0 aromatic carbocycles. The van der Waals surface area contributed by atoms with Crippen molar-refractivity contribution in [1.29, 1.82) is 0 Å². The fourth-order valence-corrected chi connectivity index (χ4v) is 5.24. The monoisotopic (exact) mass is 394 g/mol. The van der Waals surface area contributed by atoms with Crippen LogP contribution in [0.4, 0.5) is 0 Å². The zero-order chi connectivity index (χ0) is 20.3. The van der Waals surface area contributed by atoms with E-state index in [4.69, 9.17) is 4.74 Å². The summed E-state index contributed by atoms with van der Waals surface area (Å²) in [5.41, 5.74) is 2.06. The predicted octanol–water partition coefficient (Wildman–Crippen LogP) is 2.98. The Labute approximate surface area is 172 Å². The molecule has 2 bridgehead atoms. The predicted molar refractivity (Wildman–Crippen MR) is 111 cm³/mol. The summed E-state index contributed by atoms with van der Waals surface area (Å²) in [6.45, 7) is 3.67. The molecule has 0 saturated carbocycles. The molecular weight excluding hydrogens is 364 g/mol. The van der Waals surface area contributed by atoms with Crippen LogP contribution in [0.3, 0.4) is 0 Å². The molecule has 0 spiro atoms. The van der Waals surface area contributed by atoms with Crippen LogP contribution >= 0.6 is 0 Å². The number of hydrogen-bond acceptors (Lipinski definition) is 5. The molecule has 4 rings (SSSR count). The van der Waals surface area contributed by atoms with E-state index in [-0.39, 0.29) is 11.3 Å². The molecule has 0 radical (unpaired) electrons. The van der Waals surface area contributed by atoms with Crippen LogP contribution in [0.2, 0.25) is 0 Å². The SMILES string of the molecule is CC[C@@]1(C(=O)NCCc2cccnc2)C[C@@H]2CC[C@H]1N2Cc1ccnc(OC)c1. The van der Waals surface area contributed by atoms with E-state index in [1.807, 2.05) is 24.4 Å². The van der Waals surface area contributed by atoms with Gasteiger partial charge in [-0.15, -0.1) is 0 Å². The van der Waals surface area contributed by atoms with Crippen LogP contribution in [0.1, 0.15) is 43.7 Å². The van der Waals surface area contributed by atoms with Gasteiger partial charge in [-0.05, 0) is 55.4 Å². The molecule has 2 saturated heterocycles. The molecular formula is C23H30N4O2. The summed E-state index contributed by atoms with van der Waals surface area (Å²) in [5, 5.41) is 3.23. The number of pyridine rings is 2. The lowest BCUT2D eigenvalue weighted by Gasteiger charge is -2.35. The zero-order valence-corrected chi connectivity index (χ0v) is 17.3. The molecule has 0 unspecified atom stereocenters. The van der Waals surface area contributed by atoms with Crippen LogP contribution in [0.25, 0.3) is 0 Å². The Morgan fingerprint density at radius 3 is 2.97 bits per heavy atom. The molecule has 154 valence electrons. The highest BCUT2D eigenvalue weighted by Crippen LogP contribution is 2.52. The summed E-state index contributed by atoms with van der Waals surface area (Å²) in [6, 6.07) is 8.81. The molecule has 1 amide bonds. The summed E-state index contributed by atoms with van der Waals surface area (Å²) in [6.07, 6.45) is 10.4. The van der Waals surface area contributed by atoms with Crippen molar-refractivity contribution in [3.63, 3.8) is 0 Å². The Morgan fingerprint density at radius 1 is 1.31 bits per heavy atom. The maximum Gasteiger partial charge on any atom is 0.227 e. The third-order valence-electron chi connectivity index (χ3n) is 6.76. The average Bonchev–Trinajstić information content (AvgIpc) is 3.29. The van der Waals surface area contributed by atoms with Gasteiger partial charge in [0.15, 0.2) is 0 Å². The highest BCUT2D eigenvalue weighted by atomic mass is 16.5. The lowest BCUT2D eigenvalue weighted by Crippen LogP contribution is -2.49. The van der Waals surface area contributed by atoms with Gasteiger partial charge >= 0.3 is 0 Å². The van der Waals surface area contributed by atoms with Crippen molar-refractivity contribution >= 4 is 5.91 Å². The van der Waals surface area contributed by atoms with Gasteiger partial charge in [0.2, 0.25) is 11.8 Å². The van der Waals surface area contributed by atoms with E-state index in [9.17, 15) is 4.79 Å². The van der Waals surface area contributed by atoms with Gasteiger partial charge in [-0.2, -0.15) is 0 Å². The molecule has 29 heavy (non-hydrogen) atoms. The van der Waals surface area contributed by atoms with E-state index in [0.717, 1.165) is 37.8 Å². The number of rotatable bonds is 8. The number of methoxy groups -OCH3 is 1. The van der Waals surface area contributed by atoms with Gasteiger partial charge in [-0.25, -0.2) is 4.98 Å². The minimum atomic E-state index is -0.283. The van der Waals surface area contributed by atoms with E-state index in [2.05, 4.69) is 33.2 Å². The van der Waals surface area contributed by atoms with Gasteiger partial charge in [0.1, 0.15) is 0 Å². The molecule has 4 heterocycles.